The fraction of sp³-hybridized carbons (Fsp3) is 0.276. The minimum Gasteiger partial charge on any atom is -0.323 e. The quantitative estimate of drug-likeness (QED) is 0.259. The van der Waals surface area contributed by atoms with Gasteiger partial charge in [-0.25, -0.2) is 14.1 Å². The van der Waals surface area contributed by atoms with Crippen molar-refractivity contribution in [3.8, 4) is 28.2 Å². The van der Waals surface area contributed by atoms with E-state index in [0.29, 0.717) is 41.4 Å². The summed E-state index contributed by atoms with van der Waals surface area (Å²) in [4.78, 5) is 35.5. The van der Waals surface area contributed by atoms with Crippen LogP contribution in [0.25, 0.3) is 28.2 Å². The van der Waals surface area contributed by atoms with Crippen molar-refractivity contribution >= 4 is 23.2 Å². The number of halogens is 5. The number of amides is 1. The van der Waals surface area contributed by atoms with E-state index in [1.54, 1.807) is 19.1 Å². The highest BCUT2D eigenvalue weighted by molar-refractivity contribution is 6.31. The van der Waals surface area contributed by atoms with Crippen LogP contribution in [0.15, 0.2) is 60.0 Å². The highest BCUT2D eigenvalue weighted by atomic mass is 35.5. The predicted octanol–water partition coefficient (Wildman–Crippen LogP) is 5.45. The van der Waals surface area contributed by atoms with Crippen molar-refractivity contribution in [2.45, 2.75) is 38.4 Å². The predicted molar refractivity (Wildman–Crippen MR) is 155 cm³/mol. The van der Waals surface area contributed by atoms with E-state index in [2.05, 4.69) is 30.7 Å². The van der Waals surface area contributed by atoms with Crippen molar-refractivity contribution in [1.29, 1.82) is 0 Å². The van der Waals surface area contributed by atoms with Gasteiger partial charge in [-0.1, -0.05) is 30.2 Å². The summed E-state index contributed by atoms with van der Waals surface area (Å²) in [7, 11) is 0. The molecule has 1 aliphatic heterocycles. The fourth-order valence-corrected chi connectivity index (χ4v) is 5.35. The standard InChI is InChI=1S/C29H24ClF4N9O2/c1-15-4-3-5-21(18-10-16(8-9-35-18)27-20(38-28(15)45)12-37-41(27)2)42-14-36-19(11-24(42)44)25-22(7-6-17(30)26(25)31)43-13-23(39-40-43)29(32,33)34/h6-15,21H,3-5H2,1-2H3,(H,38,45)/t15-,21+/m1/s1/i2D3. The first-order valence-corrected chi connectivity index (χ1v) is 13.9. The lowest BCUT2D eigenvalue weighted by molar-refractivity contribution is -0.141. The molecule has 0 saturated carbocycles. The Bertz CT molecular complexity index is 2100. The zero-order chi connectivity index (χ0) is 34.5. The number of fused-ring (bicyclic) bond motifs is 4. The van der Waals surface area contributed by atoms with E-state index in [4.69, 9.17) is 15.7 Å². The van der Waals surface area contributed by atoms with E-state index in [9.17, 15) is 22.8 Å². The van der Waals surface area contributed by atoms with Crippen LogP contribution in [0.4, 0.5) is 23.2 Å². The number of carbonyl (C=O) groups excluding carboxylic acids is 1. The lowest BCUT2D eigenvalue weighted by Gasteiger charge is -2.22. The highest BCUT2D eigenvalue weighted by Gasteiger charge is 2.35. The minimum atomic E-state index is -4.81. The molecule has 1 aliphatic rings. The van der Waals surface area contributed by atoms with Gasteiger partial charge in [0, 0.05) is 34.8 Å². The second-order valence-corrected chi connectivity index (χ2v) is 10.9. The normalized spacial score (nSPS) is 18.5. The van der Waals surface area contributed by atoms with Crippen LogP contribution in [0.1, 0.15) is 47.7 Å². The van der Waals surface area contributed by atoms with Gasteiger partial charge in [0.1, 0.15) is 0 Å². The van der Waals surface area contributed by atoms with E-state index in [1.165, 1.54) is 23.0 Å². The number of carbonyl (C=O) groups is 1. The van der Waals surface area contributed by atoms with Crippen molar-refractivity contribution in [2.75, 3.05) is 5.32 Å². The monoisotopic (exact) mass is 644 g/mol. The number of hydrogen-bond acceptors (Lipinski definition) is 7. The molecule has 16 heteroatoms. The van der Waals surface area contributed by atoms with Gasteiger partial charge in [-0.2, -0.15) is 18.3 Å². The number of anilines is 1. The molecule has 0 unspecified atom stereocenters. The maximum Gasteiger partial charge on any atom is 0.436 e. The third-order valence-electron chi connectivity index (χ3n) is 7.52. The summed E-state index contributed by atoms with van der Waals surface area (Å²) < 4.78 is 81.9. The molecule has 2 atom stereocenters. The van der Waals surface area contributed by atoms with Gasteiger partial charge in [0.2, 0.25) is 5.91 Å². The van der Waals surface area contributed by atoms with Crippen LogP contribution >= 0.6 is 11.6 Å². The Hall–Kier alpha value is -4.92. The van der Waals surface area contributed by atoms with E-state index >= 15 is 4.39 Å². The van der Waals surface area contributed by atoms with Crippen LogP contribution < -0.4 is 10.9 Å². The van der Waals surface area contributed by atoms with E-state index in [1.807, 2.05) is 0 Å². The zero-order valence-electron chi connectivity index (χ0n) is 26.3. The molecule has 6 rings (SSSR count). The Balaban J connectivity index is 1.46. The maximum atomic E-state index is 15.5. The molecule has 0 saturated heterocycles. The number of pyridine rings is 1. The van der Waals surface area contributed by atoms with Gasteiger partial charge < -0.3 is 5.32 Å². The van der Waals surface area contributed by atoms with Crippen LogP contribution in [-0.2, 0) is 17.9 Å². The van der Waals surface area contributed by atoms with Gasteiger partial charge in [0.25, 0.3) is 5.56 Å². The Labute approximate surface area is 261 Å². The summed E-state index contributed by atoms with van der Waals surface area (Å²) in [5.41, 5.74) is -1.76. The molecule has 0 fully saturated rings. The van der Waals surface area contributed by atoms with Crippen LogP contribution in [0.5, 0.6) is 0 Å². The average molecular weight is 645 g/mol. The van der Waals surface area contributed by atoms with Crippen LogP contribution in [0.2, 0.25) is 5.02 Å². The fourth-order valence-electron chi connectivity index (χ4n) is 5.20. The second-order valence-electron chi connectivity index (χ2n) is 10.4. The molecule has 45 heavy (non-hydrogen) atoms. The zero-order valence-corrected chi connectivity index (χ0v) is 24.0. The number of alkyl halides is 3. The molecule has 4 aromatic heterocycles. The molecular weight excluding hydrogens is 618 g/mol. The van der Waals surface area contributed by atoms with Crippen LogP contribution in [-0.4, -0.2) is 45.2 Å². The van der Waals surface area contributed by atoms with Crippen molar-refractivity contribution in [1.82, 2.24) is 39.3 Å². The average Bonchev–Trinajstić information content (AvgIpc) is 3.69. The van der Waals surface area contributed by atoms with Crippen LogP contribution in [0, 0.1) is 11.7 Å². The molecule has 0 radical (unpaired) electrons. The summed E-state index contributed by atoms with van der Waals surface area (Å²) in [5, 5.41) is 13.0. The summed E-state index contributed by atoms with van der Waals surface area (Å²) in [6.45, 7) is -0.969. The van der Waals surface area contributed by atoms with Crippen molar-refractivity contribution in [3.63, 3.8) is 0 Å². The number of aryl methyl sites for hydroxylation is 1. The topological polar surface area (TPSA) is 125 Å². The van der Waals surface area contributed by atoms with E-state index in [-0.39, 0.29) is 39.3 Å². The van der Waals surface area contributed by atoms with E-state index < -0.39 is 42.2 Å². The van der Waals surface area contributed by atoms with Gasteiger partial charge in [-0.05, 0) is 37.1 Å². The number of rotatable bonds is 3. The Morgan fingerprint density at radius 2 is 1.96 bits per heavy atom. The third kappa shape index (κ3) is 5.70. The number of benzene rings is 1. The molecule has 0 aliphatic carbocycles. The molecule has 2 bridgehead atoms. The maximum absolute atomic E-state index is 15.5. The highest BCUT2D eigenvalue weighted by Crippen LogP contribution is 2.35. The summed E-state index contributed by atoms with van der Waals surface area (Å²) in [5.74, 6) is -1.88. The van der Waals surface area contributed by atoms with Crippen molar-refractivity contribution in [3.05, 3.63) is 87.8 Å². The first kappa shape index (κ1) is 26.5. The molecule has 232 valence electrons. The third-order valence-corrected chi connectivity index (χ3v) is 7.81. The first-order chi connectivity index (χ1) is 22.6. The van der Waals surface area contributed by atoms with E-state index in [0.717, 1.165) is 23.1 Å². The first-order valence-electron chi connectivity index (χ1n) is 15.1. The molecule has 1 N–H and O–H groups in total. The Kier molecular flexibility index (Phi) is 6.79. The van der Waals surface area contributed by atoms with Gasteiger partial charge in [-0.15, -0.1) is 5.10 Å². The number of aromatic nitrogens is 8. The molecule has 5 heterocycles. The molecule has 5 aromatic rings. The summed E-state index contributed by atoms with van der Waals surface area (Å²) in [6, 6.07) is 5.72. The second kappa shape index (κ2) is 11.5. The molecule has 0 spiro atoms. The molecule has 1 aromatic carbocycles. The smallest absolute Gasteiger partial charge is 0.323 e. The van der Waals surface area contributed by atoms with Gasteiger partial charge >= 0.3 is 6.18 Å². The number of nitrogens with zero attached hydrogens (tertiary/aromatic N) is 8. The number of hydrogen-bond donors (Lipinski definition) is 1. The van der Waals surface area contributed by atoms with Crippen molar-refractivity contribution < 1.29 is 26.5 Å². The van der Waals surface area contributed by atoms with Crippen LogP contribution in [0.3, 0.4) is 0 Å². The van der Waals surface area contributed by atoms with Gasteiger partial charge in [0.15, 0.2) is 11.5 Å². The van der Waals surface area contributed by atoms with Gasteiger partial charge in [0.05, 0.1) is 63.8 Å². The molecule has 11 nitrogen and oxygen atoms in total. The SMILES string of the molecule is [2H]C([2H])([2H])n1ncc2c1-c1ccnc(c1)[C@@H](n1cnc(-c3c(-n4cc(C(F)(F)F)nn4)ccc(Cl)c3F)cc1=O)CCC[C@@H](C)C(=O)N2. The number of nitrogens with one attached hydrogen (secondary N) is 1. The lowest BCUT2D eigenvalue weighted by atomic mass is 9.97. The lowest BCUT2D eigenvalue weighted by Crippen LogP contribution is -2.27. The van der Waals surface area contributed by atoms with Crippen molar-refractivity contribution in [2.24, 2.45) is 12.9 Å². The Morgan fingerprint density at radius 1 is 1.13 bits per heavy atom. The Morgan fingerprint density at radius 3 is 2.69 bits per heavy atom. The largest absolute Gasteiger partial charge is 0.436 e. The van der Waals surface area contributed by atoms with Gasteiger partial charge in [-0.3, -0.25) is 23.8 Å². The summed E-state index contributed by atoms with van der Waals surface area (Å²) in [6.07, 6.45) is 0.775. The minimum absolute atomic E-state index is 0.116. The molecular formula is C29H24ClF4N9O2. The molecule has 1 amide bonds. The summed E-state index contributed by atoms with van der Waals surface area (Å²) >= 11 is 6.02.